The fourth-order valence-electron chi connectivity index (χ4n) is 4.54. The van der Waals surface area contributed by atoms with Crippen molar-refractivity contribution in [1.82, 2.24) is 9.78 Å². The minimum atomic E-state index is -0.278. The smallest absolute Gasteiger partial charge is 0.287 e. The molecule has 1 aliphatic carbocycles. The van der Waals surface area contributed by atoms with E-state index in [1.807, 2.05) is 0 Å². The largest absolute Gasteiger partial charge is 0.366 e. The van der Waals surface area contributed by atoms with E-state index >= 15 is 0 Å². The fraction of sp³-hybridized carbons (Fsp3) is 0.500. The molecule has 0 amide bonds. The molecule has 2 aromatic rings. The highest BCUT2D eigenvalue weighted by atomic mass is 35.5. The third kappa shape index (κ3) is 3.14. The standard InChI is InChI=1S/C20H23Cl2N3O/c1-13-6-7-14-4-2-3-5-18(14)24(13)15-8-10-16(11-9-15)25-20(26)19(22)17(21)12-23-25/h2-5,12-13,15-16H,6-11H2,1H3/t13-,15?,16?/m0/s1. The molecule has 1 aromatic carbocycles. The quantitative estimate of drug-likeness (QED) is 0.732. The van der Waals surface area contributed by atoms with Gasteiger partial charge in [0.2, 0.25) is 0 Å². The van der Waals surface area contributed by atoms with Crippen LogP contribution in [-0.2, 0) is 6.42 Å². The van der Waals surface area contributed by atoms with Crippen LogP contribution < -0.4 is 10.5 Å². The fourth-order valence-corrected chi connectivity index (χ4v) is 4.80. The number of fused-ring (bicyclic) bond motifs is 1. The van der Waals surface area contributed by atoms with Gasteiger partial charge in [0, 0.05) is 17.8 Å². The van der Waals surface area contributed by atoms with Crippen LogP contribution in [0.25, 0.3) is 0 Å². The highest BCUT2D eigenvalue weighted by Gasteiger charge is 2.33. The molecule has 1 atom stereocenters. The number of anilines is 1. The van der Waals surface area contributed by atoms with Crippen molar-refractivity contribution in [3.8, 4) is 0 Å². The number of nitrogens with zero attached hydrogens (tertiary/aromatic N) is 3. The minimum Gasteiger partial charge on any atom is -0.366 e. The van der Waals surface area contributed by atoms with E-state index < -0.39 is 0 Å². The Labute approximate surface area is 163 Å². The Morgan fingerprint density at radius 1 is 1.04 bits per heavy atom. The van der Waals surface area contributed by atoms with Crippen molar-refractivity contribution in [2.24, 2.45) is 0 Å². The molecular weight excluding hydrogens is 369 g/mol. The number of halogens is 2. The molecular formula is C20H23Cl2N3O. The molecule has 0 bridgehead atoms. The number of aryl methyl sites for hydroxylation is 1. The zero-order chi connectivity index (χ0) is 18.3. The maximum Gasteiger partial charge on any atom is 0.287 e. The molecule has 6 heteroatoms. The molecule has 0 unspecified atom stereocenters. The van der Waals surface area contributed by atoms with Crippen LogP contribution in [0.4, 0.5) is 5.69 Å². The zero-order valence-electron chi connectivity index (χ0n) is 14.9. The van der Waals surface area contributed by atoms with Crippen LogP contribution in [0.3, 0.4) is 0 Å². The van der Waals surface area contributed by atoms with Crippen molar-refractivity contribution in [2.75, 3.05) is 4.90 Å². The van der Waals surface area contributed by atoms with Crippen molar-refractivity contribution in [2.45, 2.75) is 63.6 Å². The summed E-state index contributed by atoms with van der Waals surface area (Å²) in [5.74, 6) is 0. The van der Waals surface area contributed by atoms with E-state index in [1.54, 1.807) is 0 Å². The van der Waals surface area contributed by atoms with Gasteiger partial charge in [-0.2, -0.15) is 5.10 Å². The maximum absolute atomic E-state index is 12.4. The van der Waals surface area contributed by atoms with E-state index in [-0.39, 0.29) is 21.6 Å². The molecule has 0 spiro atoms. The Morgan fingerprint density at radius 2 is 1.73 bits per heavy atom. The first kappa shape index (κ1) is 17.9. The Hall–Kier alpha value is -1.52. The second-order valence-electron chi connectivity index (χ2n) is 7.44. The van der Waals surface area contributed by atoms with Gasteiger partial charge in [-0.05, 0) is 57.1 Å². The van der Waals surface area contributed by atoms with Gasteiger partial charge in [0.25, 0.3) is 5.56 Å². The van der Waals surface area contributed by atoms with Crippen molar-refractivity contribution in [3.05, 3.63) is 56.4 Å². The van der Waals surface area contributed by atoms with Gasteiger partial charge in [-0.15, -0.1) is 0 Å². The molecule has 1 aromatic heterocycles. The molecule has 2 heterocycles. The second kappa shape index (κ2) is 7.24. The van der Waals surface area contributed by atoms with E-state index in [2.05, 4.69) is 41.2 Å². The lowest BCUT2D eigenvalue weighted by molar-refractivity contribution is 0.277. The third-order valence-corrected chi connectivity index (χ3v) is 6.63. The van der Waals surface area contributed by atoms with E-state index in [9.17, 15) is 4.79 Å². The second-order valence-corrected chi connectivity index (χ2v) is 8.23. The van der Waals surface area contributed by atoms with Crippen LogP contribution in [0.2, 0.25) is 10.0 Å². The summed E-state index contributed by atoms with van der Waals surface area (Å²) in [7, 11) is 0. The number of hydrogen-bond acceptors (Lipinski definition) is 3. The van der Waals surface area contributed by atoms with Gasteiger partial charge in [0.05, 0.1) is 17.3 Å². The Balaban J connectivity index is 1.53. The molecule has 4 nitrogen and oxygen atoms in total. The van der Waals surface area contributed by atoms with Crippen LogP contribution in [0.5, 0.6) is 0 Å². The molecule has 2 aliphatic rings. The van der Waals surface area contributed by atoms with Crippen molar-refractivity contribution in [1.29, 1.82) is 0 Å². The molecule has 0 saturated heterocycles. The summed E-state index contributed by atoms with van der Waals surface area (Å²) in [5, 5.41) is 4.52. The molecule has 1 saturated carbocycles. The normalized spacial score (nSPS) is 25.8. The molecule has 138 valence electrons. The van der Waals surface area contributed by atoms with Gasteiger partial charge in [-0.25, -0.2) is 4.68 Å². The van der Waals surface area contributed by atoms with Gasteiger partial charge in [0.15, 0.2) is 0 Å². The van der Waals surface area contributed by atoms with Gasteiger partial charge in [0.1, 0.15) is 5.02 Å². The van der Waals surface area contributed by atoms with Crippen molar-refractivity contribution in [3.63, 3.8) is 0 Å². The summed E-state index contributed by atoms with van der Waals surface area (Å²) in [6, 6.07) is 9.93. The molecule has 0 radical (unpaired) electrons. The summed E-state index contributed by atoms with van der Waals surface area (Å²) >= 11 is 11.9. The predicted octanol–water partition coefficient (Wildman–Crippen LogP) is 4.88. The van der Waals surface area contributed by atoms with Crippen molar-refractivity contribution < 1.29 is 0 Å². The monoisotopic (exact) mass is 391 g/mol. The Bertz CT molecular complexity index is 858. The molecule has 0 N–H and O–H groups in total. The number of para-hydroxylation sites is 1. The number of rotatable bonds is 2. The van der Waals surface area contributed by atoms with Gasteiger partial charge < -0.3 is 4.90 Å². The summed E-state index contributed by atoms with van der Waals surface area (Å²) in [6.07, 6.45) is 7.80. The minimum absolute atomic E-state index is 0.0716. The van der Waals surface area contributed by atoms with Crippen molar-refractivity contribution >= 4 is 28.9 Å². The van der Waals surface area contributed by atoms with Gasteiger partial charge in [-0.3, -0.25) is 4.79 Å². The van der Waals surface area contributed by atoms with Crippen LogP contribution in [0, 0.1) is 0 Å². The number of aromatic nitrogens is 2. The SMILES string of the molecule is C[C@H]1CCc2ccccc2N1C1CCC(n2ncc(Cl)c(Cl)c2=O)CC1. The number of hydrogen-bond donors (Lipinski definition) is 0. The maximum atomic E-state index is 12.4. The Morgan fingerprint density at radius 3 is 2.50 bits per heavy atom. The van der Waals surface area contributed by atoms with Gasteiger partial charge >= 0.3 is 0 Å². The van der Waals surface area contributed by atoms with Crippen LogP contribution in [-0.4, -0.2) is 21.9 Å². The molecule has 1 fully saturated rings. The molecule has 4 rings (SSSR count). The zero-order valence-corrected chi connectivity index (χ0v) is 16.4. The van der Waals surface area contributed by atoms with Crippen LogP contribution in [0.15, 0.2) is 35.3 Å². The Kier molecular flexibility index (Phi) is 4.98. The van der Waals surface area contributed by atoms with Gasteiger partial charge in [-0.1, -0.05) is 41.4 Å². The number of benzene rings is 1. The lowest BCUT2D eigenvalue weighted by Crippen LogP contribution is -2.47. The average molecular weight is 392 g/mol. The summed E-state index contributed by atoms with van der Waals surface area (Å²) < 4.78 is 1.53. The first-order valence-corrected chi connectivity index (χ1v) is 10.1. The highest BCUT2D eigenvalue weighted by Crippen LogP contribution is 2.38. The third-order valence-electron chi connectivity index (χ3n) is 5.88. The van der Waals surface area contributed by atoms with E-state index in [0.717, 1.165) is 32.1 Å². The van der Waals surface area contributed by atoms with E-state index in [1.165, 1.54) is 28.6 Å². The first-order valence-electron chi connectivity index (χ1n) is 9.35. The summed E-state index contributed by atoms with van der Waals surface area (Å²) in [6.45, 7) is 2.33. The van der Waals surface area contributed by atoms with Crippen LogP contribution in [0.1, 0.15) is 50.6 Å². The lowest BCUT2D eigenvalue weighted by atomic mass is 9.86. The average Bonchev–Trinajstić information content (AvgIpc) is 2.67. The van der Waals surface area contributed by atoms with E-state index in [4.69, 9.17) is 23.2 Å². The van der Waals surface area contributed by atoms with E-state index in [0.29, 0.717) is 12.1 Å². The molecule has 26 heavy (non-hydrogen) atoms. The predicted molar refractivity (Wildman–Crippen MR) is 107 cm³/mol. The molecule has 1 aliphatic heterocycles. The van der Waals surface area contributed by atoms with Crippen LogP contribution >= 0.6 is 23.2 Å². The first-order chi connectivity index (χ1) is 12.6. The lowest BCUT2D eigenvalue weighted by Gasteiger charge is -2.45. The summed E-state index contributed by atoms with van der Waals surface area (Å²) in [5.41, 5.74) is 2.56. The highest BCUT2D eigenvalue weighted by molar-refractivity contribution is 6.41. The summed E-state index contributed by atoms with van der Waals surface area (Å²) in [4.78, 5) is 15.0. The topological polar surface area (TPSA) is 38.1 Å².